The predicted octanol–water partition coefficient (Wildman–Crippen LogP) is 0.998. The number of rotatable bonds is 6. The van der Waals surface area contributed by atoms with Gasteiger partial charge in [-0.2, -0.15) is 23.4 Å². The van der Waals surface area contributed by atoms with Crippen LogP contribution in [0.15, 0.2) is 29.2 Å². The van der Waals surface area contributed by atoms with E-state index in [1.807, 2.05) is 0 Å². The van der Waals surface area contributed by atoms with Gasteiger partial charge in [0, 0.05) is 0 Å². The van der Waals surface area contributed by atoms with E-state index in [1.165, 1.54) is 20.1 Å². The highest BCUT2D eigenvalue weighted by molar-refractivity contribution is 7.89. The van der Waals surface area contributed by atoms with Gasteiger partial charge in [0.25, 0.3) is 10.0 Å². The summed E-state index contributed by atoms with van der Waals surface area (Å²) in [7, 11) is -3.57. The van der Waals surface area contributed by atoms with E-state index in [0.29, 0.717) is 0 Å². The number of hydrogen-bond donors (Lipinski definition) is 3. The van der Waals surface area contributed by atoms with Crippen molar-refractivity contribution in [1.82, 2.24) is 19.4 Å². The van der Waals surface area contributed by atoms with Crippen LogP contribution in [0.25, 0.3) is 0 Å². The molecule has 0 aliphatic carbocycles. The van der Waals surface area contributed by atoms with Gasteiger partial charge in [0.2, 0.25) is 11.9 Å². The largest absolute Gasteiger partial charge is 0.573 e. The molecule has 0 atom stereocenters. The van der Waals surface area contributed by atoms with Crippen LogP contribution in [-0.4, -0.2) is 47.2 Å². The zero-order valence-electron chi connectivity index (χ0n) is 14.4. The summed E-state index contributed by atoms with van der Waals surface area (Å²) in [5.74, 6) is -2.32. The fourth-order valence-electron chi connectivity index (χ4n) is 1.91. The summed E-state index contributed by atoms with van der Waals surface area (Å²) in [6.07, 6.45) is -5.14. The molecule has 2 rings (SSSR count). The Morgan fingerprint density at radius 1 is 1.25 bits per heavy atom. The van der Waals surface area contributed by atoms with E-state index in [0.717, 1.165) is 18.2 Å². The standard InChI is InChI=1S/C13H14F3N7O4S/c1-7-19-11(21-12(20-7)26-2)22-23(10(17)18)28(24,25)9-6-4-3-5-8(9)27-13(14,15)16/h3-6H,1-2H3,(H3,17,18)(H,19,20,21,22). The topological polar surface area (TPSA) is 156 Å². The first-order valence-corrected chi connectivity index (χ1v) is 8.65. The van der Waals surface area contributed by atoms with Gasteiger partial charge in [-0.1, -0.05) is 12.1 Å². The van der Waals surface area contributed by atoms with E-state index in [1.54, 1.807) is 0 Å². The number of benzene rings is 1. The van der Waals surface area contributed by atoms with Crippen molar-refractivity contribution in [2.45, 2.75) is 18.2 Å². The number of guanidine groups is 1. The summed E-state index contributed by atoms with van der Waals surface area (Å²) >= 11 is 0. The first-order chi connectivity index (χ1) is 12.9. The van der Waals surface area contributed by atoms with Crippen LogP contribution < -0.4 is 20.6 Å². The molecule has 0 unspecified atom stereocenters. The van der Waals surface area contributed by atoms with Crippen molar-refractivity contribution in [3.63, 3.8) is 0 Å². The zero-order valence-corrected chi connectivity index (χ0v) is 15.2. The molecule has 0 spiro atoms. The van der Waals surface area contributed by atoms with Gasteiger partial charge < -0.3 is 15.2 Å². The maximum absolute atomic E-state index is 12.8. The number of sulfonamides is 1. The van der Waals surface area contributed by atoms with Gasteiger partial charge in [-0.05, 0) is 19.1 Å². The van der Waals surface area contributed by atoms with Gasteiger partial charge in [-0.25, -0.2) is 5.43 Å². The number of ether oxygens (including phenoxy) is 2. The molecule has 28 heavy (non-hydrogen) atoms. The minimum atomic E-state index is -5.14. The minimum Gasteiger partial charge on any atom is -0.467 e. The second-order valence-electron chi connectivity index (χ2n) is 4.95. The molecular formula is C13H14F3N7O4S. The summed E-state index contributed by atoms with van der Waals surface area (Å²) < 4.78 is 72.1. The van der Waals surface area contributed by atoms with Crippen molar-refractivity contribution in [3.05, 3.63) is 30.1 Å². The molecule has 0 bridgehead atoms. The monoisotopic (exact) mass is 421 g/mol. The van der Waals surface area contributed by atoms with E-state index in [9.17, 15) is 21.6 Å². The van der Waals surface area contributed by atoms with Gasteiger partial charge in [-0.15, -0.1) is 17.6 Å². The van der Waals surface area contributed by atoms with E-state index in [2.05, 4.69) is 25.1 Å². The number of para-hydroxylation sites is 1. The quantitative estimate of drug-likeness (QED) is 0.352. The zero-order chi connectivity index (χ0) is 21.1. The Labute approximate surface area is 156 Å². The van der Waals surface area contributed by atoms with E-state index in [4.69, 9.17) is 15.9 Å². The number of hydrazine groups is 1. The second-order valence-corrected chi connectivity index (χ2v) is 6.71. The van der Waals surface area contributed by atoms with Crippen molar-refractivity contribution in [2.75, 3.05) is 12.5 Å². The number of methoxy groups -OCH3 is 1. The van der Waals surface area contributed by atoms with Crippen LogP contribution in [0.5, 0.6) is 11.8 Å². The third-order valence-electron chi connectivity index (χ3n) is 2.92. The molecule has 0 saturated heterocycles. The molecule has 0 saturated carbocycles. The van der Waals surface area contributed by atoms with Crippen LogP contribution >= 0.6 is 0 Å². The lowest BCUT2D eigenvalue weighted by Gasteiger charge is -2.24. The molecule has 0 aliphatic rings. The summed E-state index contributed by atoms with van der Waals surface area (Å²) in [4.78, 5) is 10.4. The Bertz CT molecular complexity index is 984. The molecule has 0 fully saturated rings. The summed E-state index contributed by atoms with van der Waals surface area (Å²) in [6, 6.07) is 3.80. The molecule has 1 aromatic heterocycles. The maximum Gasteiger partial charge on any atom is 0.573 e. The molecular weight excluding hydrogens is 407 g/mol. The predicted molar refractivity (Wildman–Crippen MR) is 88.8 cm³/mol. The van der Waals surface area contributed by atoms with Crippen molar-refractivity contribution in [2.24, 2.45) is 5.73 Å². The average molecular weight is 421 g/mol. The molecule has 15 heteroatoms. The lowest BCUT2D eigenvalue weighted by Crippen LogP contribution is -2.45. The molecule has 11 nitrogen and oxygen atoms in total. The van der Waals surface area contributed by atoms with Gasteiger partial charge in [0.05, 0.1) is 7.11 Å². The molecule has 0 amide bonds. The molecule has 4 N–H and O–H groups in total. The number of aromatic nitrogens is 3. The van der Waals surface area contributed by atoms with E-state index >= 15 is 0 Å². The summed E-state index contributed by atoms with van der Waals surface area (Å²) in [5.41, 5.74) is 7.44. The first-order valence-electron chi connectivity index (χ1n) is 7.21. The fourth-order valence-corrected chi connectivity index (χ4v) is 3.18. The average Bonchev–Trinajstić information content (AvgIpc) is 2.57. The Balaban J connectivity index is 2.49. The second kappa shape index (κ2) is 7.71. The Kier molecular flexibility index (Phi) is 5.77. The lowest BCUT2D eigenvalue weighted by atomic mass is 10.3. The number of hydrogen-bond acceptors (Lipinski definition) is 9. The molecule has 1 heterocycles. The Morgan fingerprint density at radius 2 is 1.89 bits per heavy atom. The molecule has 0 radical (unpaired) electrons. The number of nitrogens with zero attached hydrogens (tertiary/aromatic N) is 4. The molecule has 0 aliphatic heterocycles. The van der Waals surface area contributed by atoms with E-state index in [-0.39, 0.29) is 22.2 Å². The Morgan fingerprint density at radius 3 is 2.46 bits per heavy atom. The van der Waals surface area contributed by atoms with Crippen LogP contribution in [0.4, 0.5) is 19.1 Å². The van der Waals surface area contributed by atoms with Crippen molar-refractivity contribution < 1.29 is 31.1 Å². The third kappa shape index (κ3) is 4.87. The number of alkyl halides is 3. The minimum absolute atomic E-state index is 0.0831. The summed E-state index contributed by atoms with van der Waals surface area (Å²) in [6.45, 7) is 1.45. The summed E-state index contributed by atoms with van der Waals surface area (Å²) in [5, 5.41) is 7.51. The SMILES string of the molecule is COc1nc(C)nc(NN(C(=N)N)S(=O)(=O)c2ccccc2OC(F)(F)F)n1. The number of anilines is 1. The maximum atomic E-state index is 12.8. The third-order valence-corrected chi connectivity index (χ3v) is 4.58. The van der Waals surface area contributed by atoms with Crippen LogP contribution in [-0.2, 0) is 10.0 Å². The first kappa shape index (κ1) is 20.9. The van der Waals surface area contributed by atoms with Crippen molar-refractivity contribution in [1.29, 1.82) is 5.41 Å². The van der Waals surface area contributed by atoms with Crippen molar-refractivity contribution in [3.8, 4) is 11.8 Å². The highest BCUT2D eigenvalue weighted by Crippen LogP contribution is 2.31. The van der Waals surface area contributed by atoms with Gasteiger partial charge in [0.1, 0.15) is 16.5 Å². The van der Waals surface area contributed by atoms with Crippen LogP contribution in [0.2, 0.25) is 0 Å². The number of halogens is 3. The van der Waals surface area contributed by atoms with Gasteiger partial charge in [0.15, 0.2) is 0 Å². The molecule has 2 aromatic rings. The van der Waals surface area contributed by atoms with Crippen molar-refractivity contribution >= 4 is 21.9 Å². The van der Waals surface area contributed by atoms with Gasteiger partial charge in [-0.3, -0.25) is 5.41 Å². The normalized spacial score (nSPS) is 11.6. The molecule has 1 aromatic carbocycles. The van der Waals surface area contributed by atoms with Crippen LogP contribution in [0.3, 0.4) is 0 Å². The highest BCUT2D eigenvalue weighted by Gasteiger charge is 2.36. The Hall–Kier alpha value is -3.36. The highest BCUT2D eigenvalue weighted by atomic mass is 32.2. The molecule has 152 valence electrons. The number of nitrogens with two attached hydrogens (primary N) is 1. The smallest absolute Gasteiger partial charge is 0.467 e. The van der Waals surface area contributed by atoms with Gasteiger partial charge >= 0.3 is 12.4 Å². The fraction of sp³-hybridized carbons (Fsp3) is 0.231. The number of aryl methyl sites for hydroxylation is 1. The van der Waals surface area contributed by atoms with E-state index < -0.39 is 33.0 Å². The number of nitrogens with one attached hydrogen (secondary N) is 2. The van der Waals surface area contributed by atoms with Crippen LogP contribution in [0.1, 0.15) is 5.82 Å². The van der Waals surface area contributed by atoms with Crippen LogP contribution in [0, 0.1) is 12.3 Å². The lowest BCUT2D eigenvalue weighted by molar-refractivity contribution is -0.275.